The van der Waals surface area contributed by atoms with Crippen LogP contribution in [0.4, 0.5) is 0 Å². The average Bonchev–Trinajstić information content (AvgIpc) is 3.43. The number of benzene rings is 2. The number of aromatic hydroxyl groups is 1. The van der Waals surface area contributed by atoms with Gasteiger partial charge in [0.1, 0.15) is 0 Å². The summed E-state index contributed by atoms with van der Waals surface area (Å²) in [5.41, 5.74) is 2.52. The number of nitrogens with zero attached hydrogens (tertiary/aromatic N) is 3. The van der Waals surface area contributed by atoms with E-state index in [1.807, 2.05) is 24.3 Å². The molecule has 7 rings (SSSR count). The normalized spacial score (nSPS) is 32.0. The second-order valence-corrected chi connectivity index (χ2v) is 15.0. The fourth-order valence-electron chi connectivity index (χ4n) is 8.77. The van der Waals surface area contributed by atoms with Crippen molar-refractivity contribution in [3.05, 3.63) is 71.3 Å². The maximum Gasteiger partial charge on any atom is 0.253 e. The van der Waals surface area contributed by atoms with Crippen molar-refractivity contribution in [1.82, 2.24) is 14.7 Å². The second kappa shape index (κ2) is 12.5. The molecule has 3 saturated heterocycles. The molecule has 4 fully saturated rings. The van der Waals surface area contributed by atoms with Gasteiger partial charge in [0.15, 0.2) is 21.2 Å². The summed E-state index contributed by atoms with van der Waals surface area (Å²) in [5.74, 6) is -4.22. The minimum absolute atomic E-state index is 0.0481. The molecule has 0 bridgehead atoms. The van der Waals surface area contributed by atoms with Crippen LogP contribution < -0.4 is 9.47 Å². The molecular formula is C37H39Cl2N3O7. The lowest BCUT2D eigenvalue weighted by Crippen LogP contribution is -2.60. The summed E-state index contributed by atoms with van der Waals surface area (Å²) < 4.78 is 10.6. The number of piperidine rings is 1. The lowest BCUT2D eigenvalue weighted by molar-refractivity contribution is -0.144. The standard InChI is InChI=1S/C37H39Cl2N3O7/c1-40-34(46)36(38)19-26-24(27(37(36,39)35(40)47)12-9-22-17-28(48-2)31(43)29(18-22)49-3)10-11-25-30(26)33(45)42(32(25)44)23-13-15-41(16-14-23)20-21-7-5-4-6-8-21/h4-10,12,17-18,23,25-27,30,43H,11,13-16,19-20H2,1-3H3/t25-,26+,27-,30-,36+,37-/m0/s1. The molecule has 0 radical (unpaired) electrons. The quantitative estimate of drug-likeness (QED) is 0.252. The summed E-state index contributed by atoms with van der Waals surface area (Å²) in [5, 5.41) is 10.4. The van der Waals surface area contributed by atoms with Crippen LogP contribution >= 0.6 is 23.2 Å². The van der Waals surface area contributed by atoms with E-state index in [2.05, 4.69) is 17.0 Å². The Balaban J connectivity index is 1.20. The number of fused-ring (bicyclic) bond motifs is 4. The van der Waals surface area contributed by atoms with Gasteiger partial charge in [0.05, 0.1) is 26.1 Å². The van der Waals surface area contributed by atoms with Crippen molar-refractivity contribution in [1.29, 1.82) is 0 Å². The molecule has 3 aliphatic heterocycles. The van der Waals surface area contributed by atoms with Crippen molar-refractivity contribution in [2.45, 2.75) is 48.0 Å². The molecule has 49 heavy (non-hydrogen) atoms. The highest BCUT2D eigenvalue weighted by atomic mass is 35.5. The predicted octanol–water partition coefficient (Wildman–Crippen LogP) is 4.61. The van der Waals surface area contributed by atoms with Crippen LogP contribution in [0.3, 0.4) is 0 Å². The first kappa shape index (κ1) is 33.6. The number of carbonyl (C=O) groups excluding carboxylic acids is 4. The van der Waals surface area contributed by atoms with Gasteiger partial charge in [-0.15, -0.1) is 23.2 Å². The number of phenolic OH excluding ortho intramolecular Hbond substituents is 1. The molecule has 0 unspecified atom stereocenters. The van der Waals surface area contributed by atoms with E-state index in [9.17, 15) is 24.3 Å². The van der Waals surface area contributed by atoms with E-state index in [0.29, 0.717) is 24.8 Å². The second-order valence-electron chi connectivity index (χ2n) is 13.7. The molecular weight excluding hydrogens is 669 g/mol. The van der Waals surface area contributed by atoms with Gasteiger partial charge >= 0.3 is 0 Å². The van der Waals surface area contributed by atoms with Crippen molar-refractivity contribution in [2.24, 2.45) is 23.7 Å². The number of amides is 4. The number of imide groups is 2. The Morgan fingerprint density at radius 2 is 1.59 bits per heavy atom. The third kappa shape index (κ3) is 5.09. The first-order chi connectivity index (χ1) is 23.4. The Morgan fingerprint density at radius 1 is 0.939 bits per heavy atom. The Bertz CT molecular complexity index is 1750. The number of hydrogen-bond donors (Lipinski definition) is 1. The van der Waals surface area contributed by atoms with Crippen molar-refractivity contribution in [3.8, 4) is 17.2 Å². The van der Waals surface area contributed by atoms with E-state index in [4.69, 9.17) is 32.7 Å². The van der Waals surface area contributed by atoms with E-state index < -0.39 is 45.2 Å². The van der Waals surface area contributed by atoms with Crippen LogP contribution in [-0.2, 0) is 25.7 Å². The molecule has 10 nitrogen and oxygen atoms in total. The summed E-state index contributed by atoms with van der Waals surface area (Å²) in [6, 6.07) is 13.2. The minimum atomic E-state index is -1.87. The van der Waals surface area contributed by atoms with Gasteiger partial charge in [0.2, 0.25) is 17.6 Å². The summed E-state index contributed by atoms with van der Waals surface area (Å²) >= 11 is 14.5. The van der Waals surface area contributed by atoms with E-state index in [1.54, 1.807) is 24.3 Å². The number of allylic oxidation sites excluding steroid dienone is 3. The van der Waals surface area contributed by atoms with Gasteiger partial charge in [0.25, 0.3) is 11.8 Å². The number of ether oxygens (including phenoxy) is 2. The maximum atomic E-state index is 14.4. The SMILES string of the molecule is COc1cc(C=C[C@H]2C3=CC[C@@H]4C(=O)N(C5CCN(Cc6ccccc6)CC5)C(=O)[C@@H]4[C@@H]3C[C@@]3(Cl)C(=O)N(C)C(=O)[C@@]23Cl)cc(OC)c1O. The van der Waals surface area contributed by atoms with Crippen LogP contribution in [0.5, 0.6) is 17.2 Å². The number of hydrogen-bond acceptors (Lipinski definition) is 8. The molecule has 6 atom stereocenters. The third-order valence-corrected chi connectivity index (χ3v) is 12.7. The molecule has 3 heterocycles. The van der Waals surface area contributed by atoms with Gasteiger partial charge in [-0.25, -0.2) is 0 Å². The summed E-state index contributed by atoms with van der Waals surface area (Å²) in [6.07, 6.45) is 6.98. The van der Waals surface area contributed by atoms with E-state index >= 15 is 0 Å². The summed E-state index contributed by atoms with van der Waals surface area (Å²) in [6.45, 7) is 2.34. The van der Waals surface area contributed by atoms with E-state index in [1.165, 1.54) is 31.7 Å². The molecule has 0 aromatic heterocycles. The van der Waals surface area contributed by atoms with Crippen LogP contribution in [0, 0.1) is 23.7 Å². The number of methoxy groups -OCH3 is 2. The number of carbonyl (C=O) groups is 4. The largest absolute Gasteiger partial charge is 0.502 e. The Hall–Kier alpha value is -3.86. The van der Waals surface area contributed by atoms with Crippen LogP contribution in [0.2, 0.25) is 0 Å². The van der Waals surface area contributed by atoms with E-state index in [0.717, 1.165) is 30.1 Å². The Morgan fingerprint density at radius 3 is 2.22 bits per heavy atom. The molecule has 1 N–H and O–H groups in total. The Kier molecular flexibility index (Phi) is 8.56. The molecule has 5 aliphatic rings. The fraction of sp³-hybridized carbons (Fsp3) is 0.459. The lowest BCUT2D eigenvalue weighted by atomic mass is 9.57. The summed E-state index contributed by atoms with van der Waals surface area (Å²) in [7, 11) is 4.20. The van der Waals surface area contributed by atoms with Gasteiger partial charge in [-0.05, 0) is 54.9 Å². The fourth-order valence-corrected chi connectivity index (χ4v) is 9.75. The molecule has 0 spiro atoms. The van der Waals surface area contributed by atoms with Gasteiger partial charge in [-0.1, -0.05) is 54.1 Å². The highest BCUT2D eigenvalue weighted by molar-refractivity contribution is 6.53. The first-order valence-electron chi connectivity index (χ1n) is 16.6. The van der Waals surface area contributed by atoms with Crippen LogP contribution in [0.15, 0.2) is 60.2 Å². The Labute approximate surface area is 295 Å². The molecule has 258 valence electrons. The number of halogens is 2. The van der Waals surface area contributed by atoms with Crippen LogP contribution in [-0.4, -0.2) is 93.6 Å². The highest BCUT2D eigenvalue weighted by Gasteiger charge is 2.75. The molecule has 2 aromatic rings. The van der Waals surface area contributed by atoms with Crippen molar-refractivity contribution >= 4 is 52.9 Å². The van der Waals surface area contributed by atoms with Crippen molar-refractivity contribution < 1.29 is 33.8 Å². The van der Waals surface area contributed by atoms with Crippen molar-refractivity contribution in [2.75, 3.05) is 34.4 Å². The predicted molar refractivity (Wildman–Crippen MR) is 183 cm³/mol. The first-order valence-corrected chi connectivity index (χ1v) is 17.4. The zero-order chi connectivity index (χ0) is 34.8. The number of phenols is 1. The molecule has 2 aromatic carbocycles. The zero-order valence-corrected chi connectivity index (χ0v) is 29.1. The van der Waals surface area contributed by atoms with Gasteiger partial charge in [0, 0.05) is 38.6 Å². The smallest absolute Gasteiger partial charge is 0.253 e. The van der Waals surface area contributed by atoms with Gasteiger partial charge in [-0.3, -0.25) is 33.9 Å². The lowest BCUT2D eigenvalue weighted by Gasteiger charge is -2.49. The van der Waals surface area contributed by atoms with Crippen LogP contribution in [0.25, 0.3) is 6.08 Å². The maximum absolute atomic E-state index is 14.4. The number of likely N-dealkylation sites (tertiary alicyclic amines) is 3. The van der Waals surface area contributed by atoms with Crippen molar-refractivity contribution in [3.63, 3.8) is 0 Å². The number of rotatable bonds is 7. The summed E-state index contributed by atoms with van der Waals surface area (Å²) in [4.78, 5) is 57.0. The molecule has 2 aliphatic carbocycles. The average molecular weight is 709 g/mol. The van der Waals surface area contributed by atoms with E-state index in [-0.39, 0.29) is 41.5 Å². The molecule has 1 saturated carbocycles. The molecule has 4 amide bonds. The molecule has 12 heteroatoms. The monoisotopic (exact) mass is 707 g/mol. The minimum Gasteiger partial charge on any atom is -0.502 e. The zero-order valence-electron chi connectivity index (χ0n) is 27.6. The van der Waals surface area contributed by atoms with Gasteiger partial charge < -0.3 is 14.6 Å². The van der Waals surface area contributed by atoms with Gasteiger partial charge in [-0.2, -0.15) is 0 Å². The third-order valence-electron chi connectivity index (χ3n) is 11.3. The van der Waals surface area contributed by atoms with Crippen LogP contribution in [0.1, 0.15) is 36.8 Å². The number of alkyl halides is 2. The highest BCUT2D eigenvalue weighted by Crippen LogP contribution is 2.63. The topological polar surface area (TPSA) is 117 Å².